The van der Waals surface area contributed by atoms with E-state index in [2.05, 4.69) is 17.1 Å². The van der Waals surface area contributed by atoms with Crippen LogP contribution in [0.15, 0.2) is 29.2 Å². The third-order valence-corrected chi connectivity index (χ3v) is 3.76. The number of thioether (sulfide) groups is 1. The normalized spacial score (nSPS) is 9.95. The van der Waals surface area contributed by atoms with Crippen molar-refractivity contribution in [3.05, 3.63) is 24.3 Å². The molecule has 0 atom stereocenters. The number of rotatable bonds is 5. The monoisotopic (exact) mass is 313 g/mol. The van der Waals surface area contributed by atoms with Crippen LogP contribution in [0.1, 0.15) is 19.8 Å². The number of hydrogen-bond acceptors (Lipinski definition) is 6. The molecular weight excluding hydrogens is 298 g/mol. The second-order valence-corrected chi connectivity index (χ2v) is 5.26. The molecule has 0 spiro atoms. The largest absolute Gasteiger partial charge is 0.395 e. The maximum absolute atomic E-state index is 11.8. The lowest BCUT2D eigenvalue weighted by Gasteiger charge is -2.18. The summed E-state index contributed by atoms with van der Waals surface area (Å²) in [4.78, 5) is 36.3. The van der Waals surface area contributed by atoms with Crippen LogP contribution in [-0.4, -0.2) is 24.0 Å². The van der Waals surface area contributed by atoms with Crippen molar-refractivity contribution in [2.75, 3.05) is 11.9 Å². The molecule has 0 aliphatic rings. The molecule has 0 unspecified atom stereocenters. The van der Waals surface area contributed by atoms with Crippen LogP contribution < -0.4 is 4.90 Å². The summed E-state index contributed by atoms with van der Waals surface area (Å²) in [7, 11) is 1.64. The predicted octanol–water partition coefficient (Wildman–Crippen LogP) is 2.46. The molecule has 0 aliphatic carbocycles. The highest BCUT2D eigenvalue weighted by molar-refractivity contribution is 8.13. The molecule has 1 aromatic carbocycles. The van der Waals surface area contributed by atoms with Crippen molar-refractivity contribution in [2.45, 2.75) is 24.7 Å². The van der Waals surface area contributed by atoms with Crippen LogP contribution >= 0.6 is 24.7 Å². The van der Waals surface area contributed by atoms with E-state index >= 15 is 0 Å². The number of para-hydroxylation sites is 1. The third-order valence-electron chi connectivity index (χ3n) is 2.56. The number of amides is 1. The summed E-state index contributed by atoms with van der Waals surface area (Å²) in [5, 5.41) is -0.173. The summed E-state index contributed by atoms with van der Waals surface area (Å²) in [6.45, 7) is 1.45. The molecule has 0 radical (unpaired) electrons. The van der Waals surface area contributed by atoms with E-state index in [1.54, 1.807) is 31.3 Å². The molecule has 0 saturated heterocycles. The minimum absolute atomic E-state index is 0.0138. The molecule has 0 heterocycles. The van der Waals surface area contributed by atoms with Crippen molar-refractivity contribution >= 4 is 47.4 Å². The molecular formula is C13H15NO4S2. The molecule has 5 nitrogen and oxygen atoms in total. The van der Waals surface area contributed by atoms with E-state index in [1.807, 2.05) is 0 Å². The van der Waals surface area contributed by atoms with Gasteiger partial charge in [0.1, 0.15) is 0 Å². The standard InChI is InChI=1S/C13H15NO4S2/c1-9(15)14(2)10-5-3-4-6-11(10)20-13(17)8-7-12(16)18-19/h3-6,19H,7-8H2,1-2H3. The Kier molecular flexibility index (Phi) is 6.60. The predicted molar refractivity (Wildman–Crippen MR) is 80.7 cm³/mol. The summed E-state index contributed by atoms with van der Waals surface area (Å²) >= 11 is 4.37. The SMILES string of the molecule is CC(=O)N(C)c1ccccc1SC(=O)CCC(=O)OS. The Morgan fingerprint density at radius 1 is 1.25 bits per heavy atom. The fourth-order valence-corrected chi connectivity index (χ4v) is 2.41. The molecule has 20 heavy (non-hydrogen) atoms. The van der Waals surface area contributed by atoms with Gasteiger partial charge in [-0.05, 0) is 23.9 Å². The number of anilines is 1. The highest BCUT2D eigenvalue weighted by Gasteiger charge is 2.15. The molecule has 0 saturated carbocycles. The van der Waals surface area contributed by atoms with Gasteiger partial charge in [0.25, 0.3) is 0 Å². The van der Waals surface area contributed by atoms with Crippen LogP contribution in [0.5, 0.6) is 0 Å². The first-order chi connectivity index (χ1) is 9.45. The Morgan fingerprint density at radius 2 is 1.90 bits per heavy atom. The van der Waals surface area contributed by atoms with E-state index in [-0.39, 0.29) is 23.9 Å². The average Bonchev–Trinajstić information content (AvgIpc) is 2.44. The van der Waals surface area contributed by atoms with E-state index in [9.17, 15) is 14.4 Å². The zero-order valence-corrected chi connectivity index (χ0v) is 12.9. The zero-order valence-electron chi connectivity index (χ0n) is 11.2. The van der Waals surface area contributed by atoms with Gasteiger partial charge in [0.2, 0.25) is 5.91 Å². The highest BCUT2D eigenvalue weighted by atomic mass is 32.2. The van der Waals surface area contributed by atoms with Crippen molar-refractivity contribution in [3.8, 4) is 0 Å². The fourth-order valence-electron chi connectivity index (χ4n) is 1.41. The zero-order chi connectivity index (χ0) is 15.1. The number of benzene rings is 1. The second kappa shape index (κ2) is 7.96. The number of carbonyl (C=O) groups is 3. The number of carbonyl (C=O) groups excluding carboxylic acids is 3. The van der Waals surface area contributed by atoms with Crippen LogP contribution in [0.25, 0.3) is 0 Å². The molecule has 0 aromatic heterocycles. The minimum Gasteiger partial charge on any atom is -0.395 e. The minimum atomic E-state index is -0.545. The summed E-state index contributed by atoms with van der Waals surface area (Å²) in [5.74, 6) is -0.666. The quantitative estimate of drug-likeness (QED) is 0.514. The lowest BCUT2D eigenvalue weighted by Crippen LogP contribution is -2.23. The van der Waals surface area contributed by atoms with Gasteiger partial charge in [0.05, 0.1) is 12.1 Å². The Bertz CT molecular complexity index is 519. The highest BCUT2D eigenvalue weighted by Crippen LogP contribution is 2.31. The van der Waals surface area contributed by atoms with Crippen molar-refractivity contribution in [2.24, 2.45) is 0 Å². The molecule has 7 heteroatoms. The van der Waals surface area contributed by atoms with E-state index in [4.69, 9.17) is 0 Å². The van der Waals surface area contributed by atoms with Crippen LogP contribution in [-0.2, 0) is 18.6 Å². The van der Waals surface area contributed by atoms with Gasteiger partial charge in [-0.1, -0.05) is 12.1 Å². The van der Waals surface area contributed by atoms with Crippen molar-refractivity contribution < 1.29 is 18.6 Å². The first-order valence-corrected chi connectivity index (χ1v) is 7.02. The van der Waals surface area contributed by atoms with E-state index < -0.39 is 5.97 Å². The Morgan fingerprint density at radius 3 is 2.50 bits per heavy atom. The summed E-state index contributed by atoms with van der Waals surface area (Å²) < 4.78 is 4.19. The van der Waals surface area contributed by atoms with Gasteiger partial charge in [-0.3, -0.25) is 14.4 Å². The average molecular weight is 313 g/mol. The van der Waals surface area contributed by atoms with Crippen molar-refractivity contribution in [1.29, 1.82) is 0 Å². The lowest BCUT2D eigenvalue weighted by molar-refractivity contribution is -0.134. The van der Waals surface area contributed by atoms with Gasteiger partial charge in [-0.15, -0.1) is 0 Å². The van der Waals surface area contributed by atoms with Gasteiger partial charge in [-0.2, -0.15) is 0 Å². The van der Waals surface area contributed by atoms with E-state index in [0.29, 0.717) is 10.6 Å². The Hall–Kier alpha value is -1.47. The van der Waals surface area contributed by atoms with Gasteiger partial charge in [0.15, 0.2) is 5.12 Å². The molecule has 0 aliphatic heterocycles. The van der Waals surface area contributed by atoms with E-state index in [1.165, 1.54) is 11.8 Å². The summed E-state index contributed by atoms with van der Waals surface area (Å²) in [6, 6.07) is 7.10. The van der Waals surface area contributed by atoms with E-state index in [0.717, 1.165) is 11.8 Å². The number of nitrogens with zero attached hydrogens (tertiary/aromatic N) is 1. The molecule has 0 fully saturated rings. The first-order valence-electron chi connectivity index (χ1n) is 5.84. The number of hydrogen-bond donors (Lipinski definition) is 1. The summed E-state index contributed by atoms with van der Waals surface area (Å²) in [5.41, 5.74) is 0.662. The lowest BCUT2D eigenvalue weighted by atomic mass is 10.3. The van der Waals surface area contributed by atoms with Gasteiger partial charge < -0.3 is 9.08 Å². The molecule has 1 amide bonds. The second-order valence-electron chi connectivity index (χ2n) is 3.98. The third kappa shape index (κ3) is 4.90. The maximum Gasteiger partial charge on any atom is 0.318 e. The van der Waals surface area contributed by atoms with Crippen LogP contribution in [0.4, 0.5) is 5.69 Å². The molecule has 0 N–H and O–H groups in total. The Balaban J connectivity index is 2.75. The fraction of sp³-hybridized carbons (Fsp3) is 0.308. The van der Waals surface area contributed by atoms with Crippen LogP contribution in [0.3, 0.4) is 0 Å². The van der Waals surface area contributed by atoms with Crippen molar-refractivity contribution in [3.63, 3.8) is 0 Å². The van der Waals surface area contributed by atoms with Crippen LogP contribution in [0, 0.1) is 0 Å². The van der Waals surface area contributed by atoms with Gasteiger partial charge >= 0.3 is 5.97 Å². The molecule has 1 rings (SSSR count). The number of thiol groups is 1. The molecule has 0 bridgehead atoms. The van der Waals surface area contributed by atoms with Gasteiger partial charge in [0, 0.05) is 38.2 Å². The topological polar surface area (TPSA) is 63.7 Å². The van der Waals surface area contributed by atoms with Gasteiger partial charge in [-0.25, -0.2) is 0 Å². The van der Waals surface area contributed by atoms with Crippen LogP contribution in [0.2, 0.25) is 0 Å². The van der Waals surface area contributed by atoms with Crippen molar-refractivity contribution in [1.82, 2.24) is 0 Å². The molecule has 1 aromatic rings. The maximum atomic E-state index is 11.8. The molecule has 108 valence electrons. The smallest absolute Gasteiger partial charge is 0.318 e. The first kappa shape index (κ1) is 16.6. The Labute approximate surface area is 127 Å². The summed E-state index contributed by atoms with van der Waals surface area (Å²) in [6.07, 6.45) is 0.0439.